The molecule has 0 aliphatic carbocycles. The van der Waals surface area contributed by atoms with Crippen LogP contribution in [0.1, 0.15) is 25.3 Å². The molecule has 0 aliphatic rings. The second-order valence-electron chi connectivity index (χ2n) is 5.02. The topological polar surface area (TPSA) is 65.4 Å². The van der Waals surface area contributed by atoms with E-state index in [4.69, 9.17) is 10.00 Å². The lowest BCUT2D eigenvalue weighted by atomic mass is 10.2. The van der Waals surface area contributed by atoms with Gasteiger partial charge in [-0.2, -0.15) is 5.26 Å². The van der Waals surface area contributed by atoms with E-state index in [2.05, 4.69) is 12.2 Å². The van der Waals surface area contributed by atoms with E-state index in [1.807, 2.05) is 42.3 Å². The zero-order chi connectivity index (χ0) is 16.4. The quantitative estimate of drug-likeness (QED) is 0.591. The van der Waals surface area contributed by atoms with Crippen LogP contribution in [0.5, 0.6) is 5.75 Å². The highest BCUT2D eigenvalue weighted by Crippen LogP contribution is 2.11. The maximum Gasteiger partial charge on any atom is 0.263 e. The van der Waals surface area contributed by atoms with Crippen molar-refractivity contribution in [3.63, 3.8) is 0 Å². The summed E-state index contributed by atoms with van der Waals surface area (Å²) in [7, 11) is 3.47. The first-order valence-electron chi connectivity index (χ1n) is 7.34. The van der Waals surface area contributed by atoms with E-state index in [9.17, 15) is 4.79 Å². The summed E-state index contributed by atoms with van der Waals surface area (Å²) in [6.07, 6.45) is 3.70. The fraction of sp³-hybridized carbons (Fsp3) is 0.412. The van der Waals surface area contributed by atoms with E-state index in [1.165, 1.54) is 0 Å². The maximum atomic E-state index is 12.0. The fourth-order valence-corrected chi connectivity index (χ4v) is 1.85. The Hall–Kier alpha value is -2.48. The Morgan fingerprint density at radius 2 is 2.09 bits per heavy atom. The third-order valence-electron chi connectivity index (χ3n) is 3.19. The molecule has 0 spiro atoms. The summed E-state index contributed by atoms with van der Waals surface area (Å²) >= 11 is 0. The number of methoxy groups -OCH3 is 1. The van der Waals surface area contributed by atoms with Crippen LogP contribution >= 0.6 is 0 Å². The summed E-state index contributed by atoms with van der Waals surface area (Å²) in [5, 5.41) is 11.9. The molecule has 0 bridgehead atoms. The number of carbonyl (C=O) groups excluding carboxylic acids is 1. The Balaban J connectivity index is 2.57. The van der Waals surface area contributed by atoms with Gasteiger partial charge in [-0.15, -0.1) is 0 Å². The number of nitrogens with zero attached hydrogens (tertiary/aromatic N) is 2. The van der Waals surface area contributed by atoms with Crippen molar-refractivity contribution in [1.29, 1.82) is 5.26 Å². The highest BCUT2D eigenvalue weighted by Gasteiger charge is 2.09. The van der Waals surface area contributed by atoms with E-state index < -0.39 is 0 Å². The summed E-state index contributed by atoms with van der Waals surface area (Å²) in [4.78, 5) is 13.9. The van der Waals surface area contributed by atoms with Crippen LogP contribution < -0.4 is 10.1 Å². The van der Waals surface area contributed by atoms with Crippen LogP contribution in [-0.2, 0) is 11.3 Å². The highest BCUT2D eigenvalue weighted by molar-refractivity contribution is 5.97. The Labute approximate surface area is 132 Å². The van der Waals surface area contributed by atoms with Crippen molar-refractivity contribution in [3.05, 3.63) is 41.6 Å². The number of nitrogens with one attached hydrogen (secondary N) is 1. The van der Waals surface area contributed by atoms with Gasteiger partial charge in [-0.05, 0) is 24.1 Å². The number of benzene rings is 1. The zero-order valence-electron chi connectivity index (χ0n) is 13.4. The Bertz CT molecular complexity index is 544. The minimum atomic E-state index is -0.360. The van der Waals surface area contributed by atoms with E-state index in [0.29, 0.717) is 6.54 Å². The molecule has 0 radical (unpaired) electrons. The van der Waals surface area contributed by atoms with Crippen molar-refractivity contribution in [2.45, 2.75) is 26.3 Å². The smallest absolute Gasteiger partial charge is 0.263 e. The second-order valence-corrected chi connectivity index (χ2v) is 5.02. The van der Waals surface area contributed by atoms with Crippen molar-refractivity contribution in [2.24, 2.45) is 0 Å². The molecule has 0 aromatic heterocycles. The molecule has 0 unspecified atom stereocenters. The highest BCUT2D eigenvalue weighted by atomic mass is 16.5. The van der Waals surface area contributed by atoms with Gasteiger partial charge in [0.2, 0.25) is 0 Å². The van der Waals surface area contributed by atoms with Crippen LogP contribution in [-0.4, -0.2) is 31.5 Å². The summed E-state index contributed by atoms with van der Waals surface area (Å²) in [5.41, 5.74) is 1.07. The predicted octanol–water partition coefficient (Wildman–Crippen LogP) is 2.45. The van der Waals surface area contributed by atoms with Crippen molar-refractivity contribution in [2.75, 3.05) is 20.7 Å². The van der Waals surface area contributed by atoms with Gasteiger partial charge in [-0.3, -0.25) is 4.79 Å². The van der Waals surface area contributed by atoms with Crippen LogP contribution in [0.2, 0.25) is 0 Å². The van der Waals surface area contributed by atoms with Crippen LogP contribution in [0.3, 0.4) is 0 Å². The van der Waals surface area contributed by atoms with Gasteiger partial charge in [0.05, 0.1) is 7.11 Å². The molecule has 22 heavy (non-hydrogen) atoms. The monoisotopic (exact) mass is 301 g/mol. The number of rotatable bonds is 8. The lowest BCUT2D eigenvalue weighted by Gasteiger charge is -2.14. The molecule has 1 amide bonds. The van der Waals surface area contributed by atoms with Gasteiger partial charge < -0.3 is 15.0 Å². The van der Waals surface area contributed by atoms with Crippen molar-refractivity contribution < 1.29 is 9.53 Å². The van der Waals surface area contributed by atoms with E-state index in [0.717, 1.165) is 30.7 Å². The maximum absolute atomic E-state index is 12.0. The van der Waals surface area contributed by atoms with Gasteiger partial charge in [0, 0.05) is 26.3 Å². The average Bonchev–Trinajstić information content (AvgIpc) is 2.56. The summed E-state index contributed by atoms with van der Waals surface area (Å²) in [5.74, 6) is 0.409. The number of hydrogen-bond acceptors (Lipinski definition) is 4. The fourth-order valence-electron chi connectivity index (χ4n) is 1.85. The van der Waals surface area contributed by atoms with Crippen LogP contribution in [0.15, 0.2) is 36.0 Å². The van der Waals surface area contributed by atoms with Crippen LogP contribution in [0.4, 0.5) is 0 Å². The number of ether oxygens (including phenoxy) is 1. The Morgan fingerprint density at radius 1 is 1.41 bits per heavy atom. The normalized spacial score (nSPS) is 10.7. The van der Waals surface area contributed by atoms with E-state index in [-0.39, 0.29) is 11.5 Å². The van der Waals surface area contributed by atoms with Gasteiger partial charge in [-0.1, -0.05) is 25.5 Å². The third-order valence-corrected chi connectivity index (χ3v) is 3.19. The molecule has 1 N–H and O–H groups in total. The lowest BCUT2D eigenvalue weighted by molar-refractivity contribution is -0.117. The number of amides is 1. The number of unbranched alkanes of at least 4 members (excludes halogenated alkanes) is 1. The zero-order valence-corrected chi connectivity index (χ0v) is 13.4. The second kappa shape index (κ2) is 9.46. The largest absolute Gasteiger partial charge is 0.497 e. The Kier molecular flexibility index (Phi) is 7.55. The van der Waals surface area contributed by atoms with Gasteiger partial charge in [0.1, 0.15) is 17.4 Å². The van der Waals surface area contributed by atoms with Gasteiger partial charge in [-0.25, -0.2) is 0 Å². The number of nitriles is 1. The third kappa shape index (κ3) is 5.88. The first kappa shape index (κ1) is 17.6. The molecule has 0 saturated carbocycles. The van der Waals surface area contributed by atoms with Gasteiger partial charge >= 0.3 is 0 Å². The van der Waals surface area contributed by atoms with Gasteiger partial charge in [0.25, 0.3) is 5.91 Å². The van der Waals surface area contributed by atoms with Gasteiger partial charge in [0.15, 0.2) is 0 Å². The molecule has 5 heteroatoms. The first-order chi connectivity index (χ1) is 10.6. The minimum Gasteiger partial charge on any atom is -0.497 e. The SMILES string of the molecule is CCCCN(C)/C=C(/C#N)C(=O)NCc1ccc(OC)cc1. The summed E-state index contributed by atoms with van der Waals surface area (Å²) in [6.45, 7) is 3.30. The Morgan fingerprint density at radius 3 is 2.64 bits per heavy atom. The molecular formula is C17H23N3O2. The molecule has 0 heterocycles. The molecular weight excluding hydrogens is 278 g/mol. The standard InChI is InChI=1S/C17H23N3O2/c1-4-5-10-20(2)13-15(11-18)17(21)19-12-14-6-8-16(22-3)9-7-14/h6-9,13H,4-5,10,12H2,1-3H3,(H,19,21)/b15-13-. The lowest BCUT2D eigenvalue weighted by Crippen LogP contribution is -2.25. The molecule has 1 rings (SSSR count). The van der Waals surface area contributed by atoms with Crippen molar-refractivity contribution in [3.8, 4) is 11.8 Å². The van der Waals surface area contributed by atoms with Crippen LogP contribution in [0, 0.1) is 11.3 Å². The van der Waals surface area contributed by atoms with E-state index >= 15 is 0 Å². The molecule has 0 saturated heterocycles. The predicted molar refractivity (Wildman–Crippen MR) is 86.1 cm³/mol. The molecule has 118 valence electrons. The minimum absolute atomic E-state index is 0.118. The molecule has 5 nitrogen and oxygen atoms in total. The molecule has 1 aromatic rings. The molecule has 1 aromatic carbocycles. The average molecular weight is 301 g/mol. The molecule has 0 aliphatic heterocycles. The number of carbonyl (C=O) groups is 1. The van der Waals surface area contributed by atoms with Crippen molar-refractivity contribution >= 4 is 5.91 Å². The molecule has 0 fully saturated rings. The van der Waals surface area contributed by atoms with Crippen LogP contribution in [0.25, 0.3) is 0 Å². The van der Waals surface area contributed by atoms with Crippen molar-refractivity contribution in [1.82, 2.24) is 10.2 Å². The first-order valence-corrected chi connectivity index (χ1v) is 7.34. The van der Waals surface area contributed by atoms with E-state index in [1.54, 1.807) is 13.3 Å². The summed E-state index contributed by atoms with van der Waals surface area (Å²) < 4.78 is 5.08. The summed E-state index contributed by atoms with van der Waals surface area (Å²) in [6, 6.07) is 9.37. The number of hydrogen-bond donors (Lipinski definition) is 1. The molecule has 0 atom stereocenters.